The first-order valence-corrected chi connectivity index (χ1v) is 9.45. The van der Waals surface area contributed by atoms with Gasteiger partial charge in [-0.3, -0.25) is 9.59 Å². The number of hydrogen-bond donors (Lipinski definition) is 1. The van der Waals surface area contributed by atoms with Gasteiger partial charge in [0.2, 0.25) is 5.54 Å². The van der Waals surface area contributed by atoms with Crippen LogP contribution in [-0.4, -0.2) is 35.2 Å². The summed E-state index contributed by atoms with van der Waals surface area (Å²) in [5.74, 6) is -0.787. The number of likely N-dealkylation sites (tertiary alicyclic amines) is 1. The zero-order valence-corrected chi connectivity index (χ0v) is 15.2. The third kappa shape index (κ3) is 2.52. The summed E-state index contributed by atoms with van der Waals surface area (Å²) in [5, 5.41) is 13.9. The standard InChI is InChI=1S/C20H20ClN3O2/c21-14-8-6-13(7-9-14)18-17-15(4-3-5-16(17)25)23-20(18,12-22)19(26)24-10-1-2-11-24/h6-9,18,23H,1-5,10-11H2. The van der Waals surface area contributed by atoms with E-state index in [2.05, 4.69) is 11.4 Å². The Kier molecular flexibility index (Phi) is 4.24. The van der Waals surface area contributed by atoms with E-state index in [1.54, 1.807) is 17.0 Å². The van der Waals surface area contributed by atoms with Crippen LogP contribution in [0.5, 0.6) is 0 Å². The lowest BCUT2D eigenvalue weighted by molar-refractivity contribution is -0.135. The maximum Gasteiger partial charge on any atom is 0.264 e. The second-order valence-corrected chi connectivity index (χ2v) is 7.63. The third-order valence-corrected chi connectivity index (χ3v) is 5.89. The van der Waals surface area contributed by atoms with Gasteiger partial charge in [0.05, 0.1) is 5.92 Å². The second kappa shape index (κ2) is 6.44. The molecule has 2 unspecified atom stereocenters. The van der Waals surface area contributed by atoms with Gasteiger partial charge in [0.15, 0.2) is 5.78 Å². The molecule has 4 rings (SSSR count). The molecule has 134 valence electrons. The van der Waals surface area contributed by atoms with Crippen LogP contribution in [0.3, 0.4) is 0 Å². The lowest BCUT2D eigenvalue weighted by atomic mass is 9.74. The highest BCUT2D eigenvalue weighted by atomic mass is 35.5. The van der Waals surface area contributed by atoms with Crippen LogP contribution in [0, 0.1) is 11.3 Å². The van der Waals surface area contributed by atoms with Gasteiger partial charge in [0.1, 0.15) is 6.07 Å². The molecular formula is C20H20ClN3O2. The third-order valence-electron chi connectivity index (χ3n) is 5.64. The van der Waals surface area contributed by atoms with Crippen molar-refractivity contribution in [3.63, 3.8) is 0 Å². The molecule has 1 aromatic rings. The summed E-state index contributed by atoms with van der Waals surface area (Å²) < 4.78 is 0. The summed E-state index contributed by atoms with van der Waals surface area (Å²) in [6, 6.07) is 9.38. The Bertz CT molecular complexity index is 834. The predicted molar refractivity (Wildman–Crippen MR) is 97.4 cm³/mol. The lowest BCUT2D eigenvalue weighted by Gasteiger charge is -2.33. The zero-order valence-electron chi connectivity index (χ0n) is 14.4. The van der Waals surface area contributed by atoms with Gasteiger partial charge in [-0.25, -0.2) is 0 Å². The fourth-order valence-corrected chi connectivity index (χ4v) is 4.54. The fraction of sp³-hybridized carbons (Fsp3) is 0.450. The van der Waals surface area contributed by atoms with Crippen LogP contribution in [0.1, 0.15) is 43.6 Å². The molecule has 1 fully saturated rings. The molecule has 1 amide bonds. The first-order valence-electron chi connectivity index (χ1n) is 9.07. The van der Waals surface area contributed by atoms with E-state index in [0.717, 1.165) is 30.5 Å². The first kappa shape index (κ1) is 17.1. The van der Waals surface area contributed by atoms with Crippen LogP contribution in [0.25, 0.3) is 0 Å². The number of nitrogens with one attached hydrogen (secondary N) is 1. The number of hydrogen-bond acceptors (Lipinski definition) is 4. The molecule has 2 heterocycles. The molecule has 0 bridgehead atoms. The highest BCUT2D eigenvalue weighted by molar-refractivity contribution is 6.30. The van der Waals surface area contributed by atoms with Crippen LogP contribution in [0.2, 0.25) is 5.02 Å². The molecule has 3 aliphatic rings. The van der Waals surface area contributed by atoms with Gasteiger partial charge in [0.25, 0.3) is 5.91 Å². The van der Waals surface area contributed by atoms with Crippen molar-refractivity contribution in [2.75, 3.05) is 13.1 Å². The molecule has 1 saturated heterocycles. The number of rotatable bonds is 2. The number of ketones is 1. The van der Waals surface area contributed by atoms with Gasteiger partial charge in [0, 0.05) is 35.8 Å². The van der Waals surface area contributed by atoms with Crippen molar-refractivity contribution >= 4 is 23.3 Å². The number of amides is 1. The van der Waals surface area contributed by atoms with Crippen LogP contribution in [0.15, 0.2) is 35.5 Å². The molecule has 2 atom stereocenters. The molecule has 5 nitrogen and oxygen atoms in total. The van der Waals surface area contributed by atoms with Crippen molar-refractivity contribution in [2.24, 2.45) is 0 Å². The molecule has 26 heavy (non-hydrogen) atoms. The summed E-state index contributed by atoms with van der Waals surface area (Å²) in [5.41, 5.74) is 0.683. The minimum Gasteiger partial charge on any atom is -0.362 e. The first-order chi connectivity index (χ1) is 12.6. The Hall–Kier alpha value is -2.32. The van der Waals surface area contributed by atoms with Gasteiger partial charge in [-0.2, -0.15) is 5.26 Å². The second-order valence-electron chi connectivity index (χ2n) is 7.20. The number of Topliss-reactive ketones (excluding diaryl/α,β-unsaturated/α-hetero) is 1. The van der Waals surface area contributed by atoms with Gasteiger partial charge in [-0.05, 0) is 43.4 Å². The van der Waals surface area contributed by atoms with E-state index in [1.807, 2.05) is 12.1 Å². The van der Waals surface area contributed by atoms with E-state index in [9.17, 15) is 14.9 Å². The van der Waals surface area contributed by atoms with Crippen molar-refractivity contribution in [1.82, 2.24) is 10.2 Å². The Morgan fingerprint density at radius 2 is 1.88 bits per heavy atom. The van der Waals surface area contributed by atoms with Crippen molar-refractivity contribution in [2.45, 2.75) is 43.6 Å². The Morgan fingerprint density at radius 1 is 1.19 bits per heavy atom. The molecule has 0 radical (unpaired) electrons. The van der Waals surface area contributed by atoms with Crippen LogP contribution in [0.4, 0.5) is 0 Å². The predicted octanol–water partition coefficient (Wildman–Crippen LogP) is 2.92. The lowest BCUT2D eigenvalue weighted by Crippen LogP contribution is -2.57. The summed E-state index contributed by atoms with van der Waals surface area (Å²) >= 11 is 6.02. The molecule has 1 aromatic carbocycles. The van der Waals surface area contributed by atoms with E-state index < -0.39 is 11.5 Å². The number of carbonyl (C=O) groups is 2. The summed E-state index contributed by atoms with van der Waals surface area (Å²) in [4.78, 5) is 27.8. The Labute approximate surface area is 157 Å². The van der Waals surface area contributed by atoms with E-state index in [0.29, 0.717) is 36.5 Å². The molecule has 0 saturated carbocycles. The van der Waals surface area contributed by atoms with Crippen molar-refractivity contribution < 1.29 is 9.59 Å². The number of nitrogens with zero attached hydrogens (tertiary/aromatic N) is 2. The van der Waals surface area contributed by atoms with Crippen LogP contribution < -0.4 is 5.32 Å². The van der Waals surface area contributed by atoms with Gasteiger partial charge in [-0.1, -0.05) is 23.7 Å². The minimum atomic E-state index is -1.46. The largest absolute Gasteiger partial charge is 0.362 e. The fourth-order valence-electron chi connectivity index (χ4n) is 4.41. The Balaban J connectivity index is 1.85. The summed E-state index contributed by atoms with van der Waals surface area (Å²) in [6.07, 6.45) is 3.80. The van der Waals surface area contributed by atoms with Crippen LogP contribution >= 0.6 is 11.6 Å². The van der Waals surface area contributed by atoms with Crippen LogP contribution in [-0.2, 0) is 9.59 Å². The molecule has 1 N–H and O–H groups in total. The normalized spacial score (nSPS) is 27.9. The monoisotopic (exact) mass is 369 g/mol. The van der Waals surface area contributed by atoms with Gasteiger partial charge < -0.3 is 10.2 Å². The SMILES string of the molecule is N#CC1(C(=O)N2CCCC2)NC2=C(C(=O)CCC2)C1c1ccc(Cl)cc1. The molecule has 1 aliphatic carbocycles. The topological polar surface area (TPSA) is 73.2 Å². The van der Waals surface area contributed by atoms with E-state index in [1.165, 1.54) is 0 Å². The molecule has 2 aliphatic heterocycles. The maximum atomic E-state index is 13.4. The van der Waals surface area contributed by atoms with Gasteiger partial charge >= 0.3 is 0 Å². The van der Waals surface area contributed by atoms with Crippen molar-refractivity contribution in [3.8, 4) is 6.07 Å². The number of halogens is 1. The molecule has 0 spiro atoms. The number of allylic oxidation sites excluding steroid dienone is 1. The average Bonchev–Trinajstić information content (AvgIpc) is 3.29. The quantitative estimate of drug-likeness (QED) is 0.869. The molecular weight excluding hydrogens is 350 g/mol. The number of benzene rings is 1. The Morgan fingerprint density at radius 3 is 2.54 bits per heavy atom. The van der Waals surface area contributed by atoms with Gasteiger partial charge in [-0.15, -0.1) is 0 Å². The molecule has 0 aromatic heterocycles. The highest BCUT2D eigenvalue weighted by Gasteiger charge is 2.57. The summed E-state index contributed by atoms with van der Waals surface area (Å²) in [7, 11) is 0. The minimum absolute atomic E-state index is 0.0325. The number of nitriles is 1. The van der Waals surface area contributed by atoms with Crippen molar-refractivity contribution in [1.29, 1.82) is 5.26 Å². The van der Waals surface area contributed by atoms with E-state index >= 15 is 0 Å². The van der Waals surface area contributed by atoms with Crippen molar-refractivity contribution in [3.05, 3.63) is 46.1 Å². The van der Waals surface area contributed by atoms with E-state index in [-0.39, 0.29) is 11.7 Å². The molecule has 6 heteroatoms. The maximum absolute atomic E-state index is 13.4. The van der Waals surface area contributed by atoms with E-state index in [4.69, 9.17) is 11.6 Å². The highest BCUT2D eigenvalue weighted by Crippen LogP contribution is 2.47. The zero-order chi connectivity index (χ0) is 18.3. The smallest absolute Gasteiger partial charge is 0.264 e. The number of carbonyl (C=O) groups excluding carboxylic acids is 2. The summed E-state index contributed by atoms with van der Waals surface area (Å²) in [6.45, 7) is 1.33. The average molecular weight is 370 g/mol.